The molecule has 1 heterocycles. The van der Waals surface area contributed by atoms with Gasteiger partial charge in [-0.05, 0) is 25.5 Å². The summed E-state index contributed by atoms with van der Waals surface area (Å²) in [6.07, 6.45) is 0.267. The number of hydrogen-bond acceptors (Lipinski definition) is 4. The second-order valence-corrected chi connectivity index (χ2v) is 7.56. The second kappa shape index (κ2) is 5.47. The van der Waals surface area contributed by atoms with Crippen molar-refractivity contribution in [1.29, 1.82) is 0 Å². The van der Waals surface area contributed by atoms with Crippen LogP contribution >= 0.6 is 11.6 Å². The van der Waals surface area contributed by atoms with Gasteiger partial charge in [0.25, 0.3) is 0 Å². The minimum Gasteiger partial charge on any atom is -0.497 e. The number of rotatable bonds is 4. The first kappa shape index (κ1) is 16.1. The van der Waals surface area contributed by atoms with Gasteiger partial charge in [0, 0.05) is 19.2 Å². The number of nitrogens with zero attached hydrogens (tertiary/aromatic N) is 1. The molecule has 1 aromatic carbocycles. The molecule has 2 rings (SSSR count). The SMILES string of the molecule is COc1ccc(Cl)c(S(=O)(=O)N2CCC(C)(C(=O)O)C2)c1. The number of carboxylic acids is 1. The van der Waals surface area contributed by atoms with Crippen molar-refractivity contribution in [2.45, 2.75) is 18.2 Å². The molecule has 1 aromatic rings. The summed E-state index contributed by atoms with van der Waals surface area (Å²) in [6.45, 7) is 1.62. The highest BCUT2D eigenvalue weighted by Gasteiger charge is 2.45. The first-order chi connectivity index (χ1) is 9.70. The van der Waals surface area contributed by atoms with E-state index in [1.807, 2.05) is 0 Å². The van der Waals surface area contributed by atoms with Crippen molar-refractivity contribution >= 4 is 27.6 Å². The number of hydrogen-bond donors (Lipinski definition) is 1. The molecule has 1 saturated heterocycles. The van der Waals surface area contributed by atoms with Crippen LogP contribution < -0.4 is 4.74 Å². The van der Waals surface area contributed by atoms with Gasteiger partial charge < -0.3 is 9.84 Å². The Kier molecular flexibility index (Phi) is 4.19. The zero-order valence-electron chi connectivity index (χ0n) is 11.7. The average Bonchev–Trinajstić information content (AvgIpc) is 2.84. The number of halogens is 1. The number of sulfonamides is 1. The van der Waals surface area contributed by atoms with Gasteiger partial charge in [-0.25, -0.2) is 8.42 Å². The van der Waals surface area contributed by atoms with Gasteiger partial charge in [-0.15, -0.1) is 0 Å². The lowest BCUT2D eigenvalue weighted by Crippen LogP contribution is -2.35. The van der Waals surface area contributed by atoms with Crippen LogP contribution in [0.2, 0.25) is 5.02 Å². The summed E-state index contributed by atoms with van der Waals surface area (Å²) in [5.41, 5.74) is -1.07. The third-order valence-electron chi connectivity index (χ3n) is 3.71. The molecular formula is C13H16ClNO5S. The Balaban J connectivity index is 2.38. The largest absolute Gasteiger partial charge is 0.497 e. The smallest absolute Gasteiger partial charge is 0.310 e. The Morgan fingerprint density at radius 1 is 1.48 bits per heavy atom. The van der Waals surface area contributed by atoms with Gasteiger partial charge in [0.05, 0.1) is 17.5 Å². The molecule has 1 atom stereocenters. The third kappa shape index (κ3) is 2.86. The summed E-state index contributed by atoms with van der Waals surface area (Å²) in [5, 5.41) is 9.28. The van der Waals surface area contributed by atoms with E-state index >= 15 is 0 Å². The molecule has 0 amide bonds. The topological polar surface area (TPSA) is 83.9 Å². The number of methoxy groups -OCH3 is 1. The van der Waals surface area contributed by atoms with Crippen molar-refractivity contribution in [2.24, 2.45) is 5.41 Å². The predicted octanol–water partition coefficient (Wildman–Crippen LogP) is 1.83. The molecule has 0 aromatic heterocycles. The maximum atomic E-state index is 12.6. The Morgan fingerprint density at radius 2 is 2.14 bits per heavy atom. The van der Waals surface area contributed by atoms with Crippen molar-refractivity contribution in [3.63, 3.8) is 0 Å². The number of aliphatic carboxylic acids is 1. The van der Waals surface area contributed by atoms with Gasteiger partial charge >= 0.3 is 5.97 Å². The molecule has 0 bridgehead atoms. The van der Waals surface area contributed by atoms with Crippen molar-refractivity contribution in [3.05, 3.63) is 23.2 Å². The minimum atomic E-state index is -3.85. The molecule has 1 aliphatic rings. The van der Waals surface area contributed by atoms with E-state index in [4.69, 9.17) is 16.3 Å². The Bertz CT molecular complexity index is 675. The van der Waals surface area contributed by atoms with Crippen LogP contribution in [0.15, 0.2) is 23.1 Å². The average molecular weight is 334 g/mol. The highest BCUT2D eigenvalue weighted by molar-refractivity contribution is 7.89. The number of carboxylic acid groups (broad SMARTS) is 1. The zero-order chi connectivity index (χ0) is 15.8. The molecule has 1 aliphatic heterocycles. The Morgan fingerprint density at radius 3 is 2.67 bits per heavy atom. The predicted molar refractivity (Wildman–Crippen MR) is 77.1 cm³/mol. The zero-order valence-corrected chi connectivity index (χ0v) is 13.2. The van der Waals surface area contributed by atoms with Crippen LogP contribution in [0.5, 0.6) is 5.75 Å². The molecular weight excluding hydrogens is 318 g/mol. The molecule has 8 heteroatoms. The number of carbonyl (C=O) groups is 1. The second-order valence-electron chi connectivity index (χ2n) is 5.25. The lowest BCUT2D eigenvalue weighted by molar-refractivity contribution is -0.146. The maximum Gasteiger partial charge on any atom is 0.310 e. The van der Waals surface area contributed by atoms with Gasteiger partial charge in [0.1, 0.15) is 10.6 Å². The molecule has 116 valence electrons. The highest BCUT2D eigenvalue weighted by atomic mass is 35.5. The number of ether oxygens (including phenoxy) is 1. The number of benzene rings is 1. The van der Waals surface area contributed by atoms with Gasteiger partial charge in [0.2, 0.25) is 10.0 Å². The summed E-state index contributed by atoms with van der Waals surface area (Å²) < 4.78 is 31.4. The first-order valence-corrected chi connectivity index (χ1v) is 8.09. The molecule has 6 nitrogen and oxygen atoms in total. The summed E-state index contributed by atoms with van der Waals surface area (Å²) in [5.74, 6) is -0.630. The van der Waals surface area contributed by atoms with Crippen molar-refractivity contribution in [3.8, 4) is 5.75 Å². The molecule has 0 saturated carbocycles. The summed E-state index contributed by atoms with van der Waals surface area (Å²) >= 11 is 5.97. The van der Waals surface area contributed by atoms with Crippen LogP contribution in [0, 0.1) is 5.41 Å². The van der Waals surface area contributed by atoms with Crippen LogP contribution in [0.1, 0.15) is 13.3 Å². The quantitative estimate of drug-likeness (QED) is 0.908. The van der Waals surface area contributed by atoms with E-state index in [0.29, 0.717) is 5.75 Å². The van der Waals surface area contributed by atoms with E-state index < -0.39 is 21.4 Å². The molecule has 0 spiro atoms. The molecule has 21 heavy (non-hydrogen) atoms. The van der Waals surface area contributed by atoms with Gasteiger partial charge in [-0.2, -0.15) is 4.31 Å². The van der Waals surface area contributed by atoms with Gasteiger partial charge in [-0.3, -0.25) is 4.79 Å². The van der Waals surface area contributed by atoms with Crippen LogP contribution in [0.3, 0.4) is 0 Å². The summed E-state index contributed by atoms with van der Waals surface area (Å²) in [6, 6.07) is 4.35. The molecule has 0 aliphatic carbocycles. The van der Waals surface area contributed by atoms with E-state index in [1.54, 1.807) is 6.07 Å². The van der Waals surface area contributed by atoms with Gasteiger partial charge in [0.15, 0.2) is 0 Å². The summed E-state index contributed by atoms with van der Waals surface area (Å²) in [7, 11) is -2.42. The first-order valence-electron chi connectivity index (χ1n) is 6.28. The van der Waals surface area contributed by atoms with E-state index in [1.165, 1.54) is 26.2 Å². The molecule has 1 unspecified atom stereocenters. The van der Waals surface area contributed by atoms with E-state index in [-0.39, 0.29) is 29.4 Å². The standard InChI is InChI=1S/C13H16ClNO5S/c1-13(12(16)17)5-6-15(8-13)21(18,19)11-7-9(20-2)3-4-10(11)14/h3-4,7H,5-6,8H2,1-2H3,(H,16,17). The van der Waals surface area contributed by atoms with E-state index in [0.717, 1.165) is 4.31 Å². The van der Waals surface area contributed by atoms with Gasteiger partial charge in [-0.1, -0.05) is 11.6 Å². The summed E-state index contributed by atoms with van der Waals surface area (Å²) in [4.78, 5) is 11.2. The van der Waals surface area contributed by atoms with Crippen LogP contribution in [0.4, 0.5) is 0 Å². The van der Waals surface area contributed by atoms with E-state index in [9.17, 15) is 18.3 Å². The normalized spacial score (nSPS) is 23.2. The fourth-order valence-electron chi connectivity index (χ4n) is 2.25. The lowest BCUT2D eigenvalue weighted by atomic mass is 9.90. The maximum absolute atomic E-state index is 12.6. The van der Waals surface area contributed by atoms with Crippen molar-refractivity contribution in [2.75, 3.05) is 20.2 Å². The van der Waals surface area contributed by atoms with Crippen molar-refractivity contribution < 1.29 is 23.1 Å². The Labute approximate surface area is 128 Å². The van der Waals surface area contributed by atoms with Crippen LogP contribution in [0.25, 0.3) is 0 Å². The van der Waals surface area contributed by atoms with Crippen molar-refractivity contribution in [1.82, 2.24) is 4.31 Å². The third-order valence-corrected chi connectivity index (χ3v) is 6.04. The fraction of sp³-hybridized carbons (Fsp3) is 0.462. The van der Waals surface area contributed by atoms with Crippen LogP contribution in [-0.4, -0.2) is 44.0 Å². The molecule has 1 fully saturated rings. The lowest BCUT2D eigenvalue weighted by Gasteiger charge is -2.20. The van der Waals surface area contributed by atoms with Crippen LogP contribution in [-0.2, 0) is 14.8 Å². The minimum absolute atomic E-state index is 0.0712. The van der Waals surface area contributed by atoms with E-state index in [2.05, 4.69) is 0 Å². The monoisotopic (exact) mass is 333 g/mol. The highest BCUT2D eigenvalue weighted by Crippen LogP contribution is 2.36. The molecule has 0 radical (unpaired) electrons. The Hall–Kier alpha value is -1.31. The fourth-order valence-corrected chi connectivity index (χ4v) is 4.30. The molecule has 1 N–H and O–H groups in total.